The van der Waals surface area contributed by atoms with Gasteiger partial charge in [0, 0.05) is 5.71 Å². The molecule has 0 saturated carbocycles. The monoisotopic (exact) mass is 299 g/mol. The molecule has 1 atom stereocenters. The standard InChI is InChI=1S/C13H21N3O3S/c1-3-4-5-6-7-9(2)15-16-13-14-12(19)10(20-13)8-11(17)18/h10H,3-8H2,1-2H3,(H,17,18)(H,14,16,19)/b15-9-/t10-/m0/s1. The van der Waals surface area contributed by atoms with Gasteiger partial charge in [-0.1, -0.05) is 37.9 Å². The average Bonchev–Trinajstić information content (AvgIpc) is 2.72. The van der Waals surface area contributed by atoms with E-state index in [0.29, 0.717) is 5.17 Å². The average molecular weight is 299 g/mol. The number of carboxylic acid groups (broad SMARTS) is 1. The lowest BCUT2D eigenvalue weighted by Crippen LogP contribution is -2.26. The zero-order valence-electron chi connectivity index (χ0n) is 11.9. The number of carbonyl (C=O) groups excluding carboxylic acids is 1. The molecule has 6 nitrogen and oxygen atoms in total. The number of carbonyl (C=O) groups is 2. The summed E-state index contributed by atoms with van der Waals surface area (Å²) in [5.74, 6) is -1.30. The number of amidine groups is 1. The minimum Gasteiger partial charge on any atom is -0.481 e. The van der Waals surface area contributed by atoms with Gasteiger partial charge in [-0.3, -0.25) is 9.59 Å². The maximum absolute atomic E-state index is 11.5. The molecule has 0 unspecified atom stereocenters. The highest BCUT2D eigenvalue weighted by Gasteiger charge is 2.32. The fraction of sp³-hybridized carbons (Fsp3) is 0.692. The third-order valence-electron chi connectivity index (χ3n) is 2.84. The van der Waals surface area contributed by atoms with Crippen LogP contribution in [0.15, 0.2) is 10.2 Å². The summed E-state index contributed by atoms with van der Waals surface area (Å²) in [7, 11) is 0. The molecule has 1 aliphatic heterocycles. The number of nitrogens with zero attached hydrogens (tertiary/aromatic N) is 2. The molecule has 1 amide bonds. The van der Waals surface area contributed by atoms with Crippen molar-refractivity contribution in [1.29, 1.82) is 0 Å². The van der Waals surface area contributed by atoms with Crippen LogP contribution in [0.2, 0.25) is 0 Å². The minimum atomic E-state index is -0.991. The van der Waals surface area contributed by atoms with E-state index in [4.69, 9.17) is 5.11 Å². The summed E-state index contributed by atoms with van der Waals surface area (Å²) < 4.78 is 0. The molecule has 1 rings (SSSR count). The van der Waals surface area contributed by atoms with E-state index in [1.54, 1.807) is 0 Å². The van der Waals surface area contributed by atoms with Crippen LogP contribution in [0.3, 0.4) is 0 Å². The highest BCUT2D eigenvalue weighted by atomic mass is 32.2. The van der Waals surface area contributed by atoms with Crippen molar-refractivity contribution in [3.8, 4) is 0 Å². The lowest BCUT2D eigenvalue weighted by molar-refractivity contribution is -0.138. The summed E-state index contributed by atoms with van der Waals surface area (Å²) in [5, 5.41) is 19.0. The van der Waals surface area contributed by atoms with Crippen LogP contribution < -0.4 is 5.32 Å². The van der Waals surface area contributed by atoms with Gasteiger partial charge in [0.1, 0.15) is 5.25 Å². The lowest BCUT2D eigenvalue weighted by atomic mass is 10.1. The second-order valence-corrected chi connectivity index (χ2v) is 5.94. The Balaban J connectivity index is 2.42. The number of nitrogens with one attached hydrogen (secondary N) is 1. The summed E-state index contributed by atoms with van der Waals surface area (Å²) in [6.07, 6.45) is 5.40. The number of carboxylic acids is 1. The van der Waals surface area contributed by atoms with Gasteiger partial charge in [-0.25, -0.2) is 0 Å². The van der Waals surface area contributed by atoms with Crippen LogP contribution in [-0.4, -0.2) is 33.1 Å². The minimum absolute atomic E-state index is 0.199. The van der Waals surface area contributed by atoms with Crippen molar-refractivity contribution in [1.82, 2.24) is 5.32 Å². The molecule has 20 heavy (non-hydrogen) atoms. The summed E-state index contributed by atoms with van der Waals surface area (Å²) in [4.78, 5) is 22.1. The van der Waals surface area contributed by atoms with E-state index in [1.165, 1.54) is 19.3 Å². The smallest absolute Gasteiger partial charge is 0.305 e. The van der Waals surface area contributed by atoms with Crippen LogP contribution in [0.25, 0.3) is 0 Å². The number of rotatable bonds is 8. The van der Waals surface area contributed by atoms with E-state index in [-0.39, 0.29) is 12.3 Å². The first-order valence-electron chi connectivity index (χ1n) is 6.83. The van der Waals surface area contributed by atoms with E-state index in [2.05, 4.69) is 22.4 Å². The summed E-state index contributed by atoms with van der Waals surface area (Å²) in [6.45, 7) is 4.08. The van der Waals surface area contributed by atoms with Crippen LogP contribution in [0, 0.1) is 0 Å². The van der Waals surface area contributed by atoms with Gasteiger partial charge in [0.15, 0.2) is 5.17 Å². The number of thioether (sulfide) groups is 1. The number of hydrogen-bond acceptors (Lipinski definition) is 5. The summed E-state index contributed by atoms with van der Waals surface area (Å²) in [5.41, 5.74) is 0.921. The van der Waals surface area contributed by atoms with Crippen molar-refractivity contribution in [2.24, 2.45) is 10.2 Å². The Morgan fingerprint density at radius 3 is 2.80 bits per heavy atom. The quantitative estimate of drug-likeness (QED) is 0.409. The Morgan fingerprint density at radius 2 is 2.15 bits per heavy atom. The van der Waals surface area contributed by atoms with Crippen molar-refractivity contribution < 1.29 is 14.7 Å². The molecule has 1 fully saturated rings. The van der Waals surface area contributed by atoms with Crippen molar-refractivity contribution in [2.75, 3.05) is 0 Å². The first-order chi connectivity index (χ1) is 9.52. The SMILES string of the molecule is CCCCCC/C(C)=N\N=C1\NC(=O)[C@H](CC(=O)O)S1. The second-order valence-electron chi connectivity index (χ2n) is 4.74. The Bertz CT molecular complexity index is 421. The number of unbranched alkanes of at least 4 members (excludes halogenated alkanes) is 3. The van der Waals surface area contributed by atoms with E-state index in [1.807, 2.05) is 6.92 Å². The fourth-order valence-electron chi connectivity index (χ4n) is 1.73. The van der Waals surface area contributed by atoms with E-state index in [9.17, 15) is 9.59 Å². The van der Waals surface area contributed by atoms with Crippen molar-refractivity contribution in [2.45, 2.75) is 57.6 Å². The van der Waals surface area contributed by atoms with Crippen molar-refractivity contribution in [3.05, 3.63) is 0 Å². The number of amides is 1. The van der Waals surface area contributed by atoms with Gasteiger partial charge in [-0.05, 0) is 19.8 Å². The molecule has 112 valence electrons. The fourth-order valence-corrected chi connectivity index (χ4v) is 2.64. The van der Waals surface area contributed by atoms with Gasteiger partial charge in [0.05, 0.1) is 6.42 Å². The van der Waals surface area contributed by atoms with Gasteiger partial charge in [0.2, 0.25) is 5.91 Å². The van der Waals surface area contributed by atoms with E-state index in [0.717, 1.165) is 30.3 Å². The topological polar surface area (TPSA) is 91.1 Å². The Hall–Kier alpha value is -1.37. The zero-order chi connectivity index (χ0) is 15.0. The summed E-state index contributed by atoms with van der Waals surface area (Å²) in [6, 6.07) is 0. The molecule has 0 bridgehead atoms. The number of aliphatic carboxylic acids is 1. The molecule has 7 heteroatoms. The molecular weight excluding hydrogens is 278 g/mol. The van der Waals surface area contributed by atoms with E-state index < -0.39 is 11.2 Å². The van der Waals surface area contributed by atoms with Crippen LogP contribution in [0.1, 0.15) is 52.4 Å². The zero-order valence-corrected chi connectivity index (χ0v) is 12.7. The molecule has 0 aromatic rings. The van der Waals surface area contributed by atoms with Gasteiger partial charge < -0.3 is 10.4 Å². The van der Waals surface area contributed by atoms with Crippen LogP contribution in [0.5, 0.6) is 0 Å². The third kappa shape index (κ3) is 6.18. The van der Waals surface area contributed by atoms with Crippen LogP contribution >= 0.6 is 11.8 Å². The summed E-state index contributed by atoms with van der Waals surface area (Å²) >= 11 is 1.12. The maximum Gasteiger partial charge on any atom is 0.305 e. The molecule has 0 aromatic carbocycles. The molecule has 1 saturated heterocycles. The molecule has 1 heterocycles. The van der Waals surface area contributed by atoms with Crippen LogP contribution in [0.4, 0.5) is 0 Å². The Labute approximate surface area is 123 Å². The van der Waals surface area contributed by atoms with Gasteiger partial charge in [0.25, 0.3) is 0 Å². The van der Waals surface area contributed by atoms with Crippen molar-refractivity contribution in [3.63, 3.8) is 0 Å². The van der Waals surface area contributed by atoms with Crippen LogP contribution in [-0.2, 0) is 9.59 Å². The maximum atomic E-state index is 11.5. The largest absolute Gasteiger partial charge is 0.481 e. The van der Waals surface area contributed by atoms with Gasteiger partial charge in [-0.15, -0.1) is 5.10 Å². The molecule has 0 aliphatic carbocycles. The van der Waals surface area contributed by atoms with E-state index >= 15 is 0 Å². The first kappa shape index (κ1) is 16.7. The highest BCUT2D eigenvalue weighted by Crippen LogP contribution is 2.22. The Morgan fingerprint density at radius 1 is 1.40 bits per heavy atom. The molecule has 0 radical (unpaired) electrons. The molecule has 1 aliphatic rings. The molecular formula is C13H21N3O3S. The lowest BCUT2D eigenvalue weighted by Gasteiger charge is -1.99. The third-order valence-corrected chi connectivity index (χ3v) is 3.91. The normalized spacial score (nSPS) is 21.3. The highest BCUT2D eigenvalue weighted by molar-refractivity contribution is 8.15. The Kier molecular flexibility index (Phi) is 7.28. The first-order valence-corrected chi connectivity index (χ1v) is 7.71. The predicted octanol–water partition coefficient (Wildman–Crippen LogP) is 2.40. The molecule has 2 N–H and O–H groups in total. The van der Waals surface area contributed by atoms with Crippen molar-refractivity contribution >= 4 is 34.5 Å². The molecule has 0 spiro atoms. The number of hydrogen-bond donors (Lipinski definition) is 2. The second kappa shape index (κ2) is 8.73. The van der Waals surface area contributed by atoms with Gasteiger partial charge >= 0.3 is 5.97 Å². The molecule has 0 aromatic heterocycles. The van der Waals surface area contributed by atoms with Gasteiger partial charge in [-0.2, -0.15) is 5.10 Å². The predicted molar refractivity (Wildman–Crippen MR) is 81.1 cm³/mol.